The summed E-state index contributed by atoms with van der Waals surface area (Å²) in [4.78, 5) is 35.4. The zero-order valence-corrected chi connectivity index (χ0v) is 19.6. The number of aromatic nitrogens is 5. The van der Waals surface area contributed by atoms with Gasteiger partial charge >= 0.3 is 0 Å². The van der Waals surface area contributed by atoms with Gasteiger partial charge in [0.05, 0.1) is 20.8 Å². The number of hydrogen-bond acceptors (Lipinski definition) is 7. The first kappa shape index (κ1) is 22.6. The molecule has 3 heterocycles. The molecule has 0 bridgehead atoms. The van der Waals surface area contributed by atoms with E-state index >= 15 is 0 Å². The lowest BCUT2D eigenvalue weighted by Gasteiger charge is -2.32. The number of nitrogens with zero attached hydrogens (tertiary/aromatic N) is 5. The second-order valence-corrected chi connectivity index (χ2v) is 8.52. The van der Waals surface area contributed by atoms with Gasteiger partial charge in [-0.15, -0.1) is 5.10 Å². The summed E-state index contributed by atoms with van der Waals surface area (Å²) in [7, 11) is 3.10. The third-order valence-corrected chi connectivity index (χ3v) is 6.29. The van der Waals surface area contributed by atoms with Gasteiger partial charge in [-0.05, 0) is 36.6 Å². The first-order valence-electron chi connectivity index (χ1n) is 11.5. The number of amides is 1. The molecule has 10 nitrogen and oxygen atoms in total. The Hall–Kier alpha value is -4.21. The molecular weight excluding hydrogens is 448 g/mol. The van der Waals surface area contributed by atoms with Crippen LogP contribution in [0.2, 0.25) is 0 Å². The number of piperidine rings is 1. The summed E-state index contributed by atoms with van der Waals surface area (Å²) in [5.74, 6) is 1.41. The van der Waals surface area contributed by atoms with Crippen LogP contribution in [0.25, 0.3) is 11.2 Å². The maximum atomic E-state index is 13.3. The number of benzene rings is 2. The highest BCUT2D eigenvalue weighted by atomic mass is 16.5. The van der Waals surface area contributed by atoms with Gasteiger partial charge in [-0.2, -0.15) is 0 Å². The SMILES string of the molecule is COc1ccc(C(=O)N2CCC[C@@H](c3nc4c(nnn4Cc4ccccc4)c(=O)[nH]3)C2)cc1OC. The molecule has 0 radical (unpaired) electrons. The summed E-state index contributed by atoms with van der Waals surface area (Å²) in [6.07, 6.45) is 1.61. The van der Waals surface area contributed by atoms with Crippen molar-refractivity contribution < 1.29 is 14.3 Å². The van der Waals surface area contributed by atoms with E-state index < -0.39 is 0 Å². The molecular formula is C25H26N6O4. The van der Waals surface area contributed by atoms with Crippen molar-refractivity contribution in [3.05, 3.63) is 75.8 Å². The fraction of sp³-hybridized carbons (Fsp3) is 0.320. The van der Waals surface area contributed by atoms with Gasteiger partial charge in [0.25, 0.3) is 11.5 Å². The Bertz CT molecular complexity index is 1410. The number of rotatable bonds is 6. The van der Waals surface area contributed by atoms with E-state index in [1.807, 2.05) is 30.3 Å². The zero-order valence-electron chi connectivity index (χ0n) is 19.6. The first-order chi connectivity index (χ1) is 17.1. The van der Waals surface area contributed by atoms with Gasteiger partial charge in [0.2, 0.25) is 0 Å². The van der Waals surface area contributed by atoms with Gasteiger partial charge in [0.1, 0.15) is 5.82 Å². The van der Waals surface area contributed by atoms with Crippen LogP contribution in [0.1, 0.15) is 40.5 Å². The van der Waals surface area contributed by atoms with E-state index in [4.69, 9.17) is 14.5 Å². The van der Waals surface area contributed by atoms with Crippen LogP contribution in [-0.2, 0) is 6.54 Å². The predicted octanol–water partition coefficient (Wildman–Crippen LogP) is 2.60. The van der Waals surface area contributed by atoms with Crippen LogP contribution in [0.3, 0.4) is 0 Å². The van der Waals surface area contributed by atoms with E-state index in [0.29, 0.717) is 48.2 Å². The number of methoxy groups -OCH3 is 2. The Labute approximate surface area is 201 Å². The number of ether oxygens (including phenoxy) is 2. The molecule has 1 N–H and O–H groups in total. The highest BCUT2D eigenvalue weighted by Gasteiger charge is 2.28. The number of carbonyl (C=O) groups excluding carboxylic acids is 1. The average Bonchev–Trinajstić information content (AvgIpc) is 3.31. The van der Waals surface area contributed by atoms with Crippen molar-refractivity contribution in [3.8, 4) is 11.5 Å². The molecule has 180 valence electrons. The van der Waals surface area contributed by atoms with Crippen molar-refractivity contribution in [1.29, 1.82) is 0 Å². The standard InChI is InChI=1S/C25H26N6O4/c1-34-19-11-10-17(13-20(19)35-2)25(33)30-12-6-9-18(15-30)22-26-23-21(24(32)27-22)28-29-31(23)14-16-7-4-3-5-8-16/h3-5,7-8,10-11,13,18H,6,9,12,14-15H2,1-2H3,(H,26,27,32)/t18-/m1/s1. The van der Waals surface area contributed by atoms with Crippen LogP contribution in [0.4, 0.5) is 0 Å². The number of aromatic amines is 1. The molecule has 10 heteroatoms. The van der Waals surface area contributed by atoms with Crippen molar-refractivity contribution in [3.63, 3.8) is 0 Å². The van der Waals surface area contributed by atoms with Crippen LogP contribution in [0.15, 0.2) is 53.3 Å². The topological polar surface area (TPSA) is 115 Å². The minimum absolute atomic E-state index is 0.102. The van der Waals surface area contributed by atoms with Crippen molar-refractivity contribution in [2.75, 3.05) is 27.3 Å². The molecule has 5 rings (SSSR count). The lowest BCUT2D eigenvalue weighted by molar-refractivity contribution is 0.0704. The molecule has 4 aromatic rings. The molecule has 0 spiro atoms. The maximum Gasteiger partial charge on any atom is 0.281 e. The van der Waals surface area contributed by atoms with Gasteiger partial charge in [-0.25, -0.2) is 9.67 Å². The van der Waals surface area contributed by atoms with Crippen LogP contribution >= 0.6 is 0 Å². The lowest BCUT2D eigenvalue weighted by Crippen LogP contribution is -2.40. The van der Waals surface area contributed by atoms with E-state index in [2.05, 4.69) is 15.3 Å². The lowest BCUT2D eigenvalue weighted by atomic mass is 9.96. The molecule has 2 aromatic carbocycles. The molecule has 1 amide bonds. The number of H-pyrrole nitrogens is 1. The Morgan fingerprint density at radius 1 is 1.11 bits per heavy atom. The Kier molecular flexibility index (Phi) is 6.17. The van der Waals surface area contributed by atoms with Gasteiger partial charge in [-0.3, -0.25) is 9.59 Å². The summed E-state index contributed by atoms with van der Waals surface area (Å²) in [6.45, 7) is 1.54. The monoisotopic (exact) mass is 474 g/mol. The normalized spacial score (nSPS) is 15.8. The molecule has 2 aromatic heterocycles. The molecule has 1 atom stereocenters. The van der Waals surface area contributed by atoms with Crippen LogP contribution in [0, 0.1) is 0 Å². The molecule has 0 unspecified atom stereocenters. The summed E-state index contributed by atoms with van der Waals surface area (Å²) in [5.41, 5.74) is 1.87. The Balaban J connectivity index is 1.40. The third-order valence-electron chi connectivity index (χ3n) is 6.29. The number of hydrogen-bond donors (Lipinski definition) is 1. The maximum absolute atomic E-state index is 13.3. The quantitative estimate of drug-likeness (QED) is 0.457. The largest absolute Gasteiger partial charge is 0.493 e. The zero-order chi connectivity index (χ0) is 24.4. The number of carbonyl (C=O) groups is 1. The second kappa shape index (κ2) is 9.57. The van der Waals surface area contributed by atoms with Crippen molar-refractivity contribution in [2.45, 2.75) is 25.3 Å². The smallest absolute Gasteiger partial charge is 0.281 e. The van der Waals surface area contributed by atoms with E-state index in [9.17, 15) is 9.59 Å². The van der Waals surface area contributed by atoms with Gasteiger partial charge < -0.3 is 19.4 Å². The highest BCUT2D eigenvalue weighted by molar-refractivity contribution is 5.95. The molecule has 1 saturated heterocycles. The first-order valence-corrected chi connectivity index (χ1v) is 11.5. The highest BCUT2D eigenvalue weighted by Crippen LogP contribution is 2.30. The van der Waals surface area contributed by atoms with Gasteiger partial charge in [-0.1, -0.05) is 35.5 Å². The fourth-order valence-electron chi connectivity index (χ4n) is 4.48. The van der Waals surface area contributed by atoms with E-state index in [-0.39, 0.29) is 22.9 Å². The van der Waals surface area contributed by atoms with Crippen LogP contribution < -0.4 is 15.0 Å². The number of fused-ring (bicyclic) bond motifs is 1. The number of nitrogens with one attached hydrogen (secondary N) is 1. The van der Waals surface area contributed by atoms with Crippen LogP contribution in [-0.4, -0.2) is 63.1 Å². The van der Waals surface area contributed by atoms with E-state index in [1.54, 1.807) is 42.0 Å². The van der Waals surface area contributed by atoms with Crippen LogP contribution in [0.5, 0.6) is 11.5 Å². The molecule has 1 fully saturated rings. The van der Waals surface area contributed by atoms with Crippen molar-refractivity contribution in [1.82, 2.24) is 29.9 Å². The molecule has 35 heavy (non-hydrogen) atoms. The summed E-state index contributed by atoms with van der Waals surface area (Å²) in [5, 5.41) is 8.18. The summed E-state index contributed by atoms with van der Waals surface area (Å²) in [6, 6.07) is 15.0. The van der Waals surface area contributed by atoms with Crippen molar-refractivity contribution in [2.24, 2.45) is 0 Å². The Morgan fingerprint density at radius 3 is 2.69 bits per heavy atom. The average molecular weight is 475 g/mol. The minimum Gasteiger partial charge on any atom is -0.493 e. The second-order valence-electron chi connectivity index (χ2n) is 8.52. The summed E-state index contributed by atoms with van der Waals surface area (Å²) >= 11 is 0. The molecule has 1 aliphatic heterocycles. The molecule has 0 aliphatic carbocycles. The third kappa shape index (κ3) is 4.46. The number of likely N-dealkylation sites (tertiary alicyclic amines) is 1. The van der Waals surface area contributed by atoms with Crippen molar-refractivity contribution >= 4 is 17.1 Å². The fourth-order valence-corrected chi connectivity index (χ4v) is 4.48. The molecule has 0 saturated carbocycles. The predicted molar refractivity (Wildman–Crippen MR) is 129 cm³/mol. The van der Waals surface area contributed by atoms with E-state index in [0.717, 1.165) is 18.4 Å². The Morgan fingerprint density at radius 2 is 1.91 bits per heavy atom. The minimum atomic E-state index is -0.326. The molecule has 1 aliphatic rings. The summed E-state index contributed by atoms with van der Waals surface area (Å²) < 4.78 is 12.3. The van der Waals surface area contributed by atoms with E-state index in [1.165, 1.54) is 0 Å². The van der Waals surface area contributed by atoms with Gasteiger partial charge in [0.15, 0.2) is 22.7 Å². The van der Waals surface area contributed by atoms with Gasteiger partial charge in [0, 0.05) is 24.6 Å².